The van der Waals surface area contributed by atoms with Gasteiger partial charge in [0.1, 0.15) is 0 Å². The Morgan fingerprint density at radius 2 is 1.83 bits per heavy atom. The minimum absolute atomic E-state index is 0.0304. The molecule has 0 amide bonds. The van der Waals surface area contributed by atoms with E-state index in [-0.39, 0.29) is 23.7 Å². The van der Waals surface area contributed by atoms with Crippen LogP contribution in [0.2, 0.25) is 0 Å². The molecule has 0 aromatic heterocycles. The first kappa shape index (κ1) is 17.9. The van der Waals surface area contributed by atoms with Crippen molar-refractivity contribution < 1.29 is 13.5 Å². The molecule has 5 heteroatoms. The largest absolute Gasteiger partial charge is 0.396 e. The first-order valence-electron chi connectivity index (χ1n) is 6.78. The van der Waals surface area contributed by atoms with E-state index in [1.54, 1.807) is 0 Å². The lowest BCUT2D eigenvalue weighted by atomic mass is 9.94. The molecule has 0 saturated heterocycles. The van der Waals surface area contributed by atoms with Gasteiger partial charge in [-0.1, -0.05) is 34.1 Å². The molecule has 1 unspecified atom stereocenters. The topological polar surface area (TPSA) is 66.4 Å². The third kappa shape index (κ3) is 9.85. The smallest absolute Gasteiger partial charge is 0.211 e. The van der Waals surface area contributed by atoms with Crippen molar-refractivity contribution in [2.45, 2.75) is 53.4 Å². The maximum absolute atomic E-state index is 11.8. The number of aliphatic hydroxyl groups is 1. The molecule has 0 bridgehead atoms. The molecule has 0 radical (unpaired) electrons. The number of rotatable bonds is 9. The lowest BCUT2D eigenvalue weighted by molar-refractivity contribution is 0.251. The van der Waals surface area contributed by atoms with E-state index in [0.717, 1.165) is 12.8 Å². The second-order valence-electron chi connectivity index (χ2n) is 6.14. The molecular weight excluding hydrogens is 250 g/mol. The van der Waals surface area contributed by atoms with Crippen LogP contribution in [0.25, 0.3) is 0 Å². The average molecular weight is 279 g/mol. The Labute approximate surface area is 112 Å². The Kier molecular flexibility index (Phi) is 8.06. The van der Waals surface area contributed by atoms with Gasteiger partial charge in [0.05, 0.1) is 5.75 Å². The molecule has 2 N–H and O–H groups in total. The van der Waals surface area contributed by atoms with E-state index in [0.29, 0.717) is 19.4 Å². The van der Waals surface area contributed by atoms with Crippen LogP contribution in [0, 0.1) is 11.3 Å². The molecule has 1 atom stereocenters. The third-order valence-corrected chi connectivity index (χ3v) is 4.30. The van der Waals surface area contributed by atoms with Crippen molar-refractivity contribution in [3.63, 3.8) is 0 Å². The van der Waals surface area contributed by atoms with Gasteiger partial charge in [-0.3, -0.25) is 0 Å². The highest BCUT2D eigenvalue weighted by Gasteiger charge is 2.18. The van der Waals surface area contributed by atoms with Gasteiger partial charge in [0.15, 0.2) is 0 Å². The molecule has 110 valence electrons. The van der Waals surface area contributed by atoms with Crippen LogP contribution in [0.3, 0.4) is 0 Å². The molecule has 0 aliphatic rings. The van der Waals surface area contributed by atoms with Gasteiger partial charge < -0.3 is 5.11 Å². The van der Waals surface area contributed by atoms with Crippen LogP contribution < -0.4 is 4.72 Å². The van der Waals surface area contributed by atoms with Gasteiger partial charge in [-0.25, -0.2) is 13.1 Å². The summed E-state index contributed by atoms with van der Waals surface area (Å²) in [6.45, 7) is 8.74. The molecule has 18 heavy (non-hydrogen) atoms. The van der Waals surface area contributed by atoms with Crippen LogP contribution in [0.4, 0.5) is 0 Å². The van der Waals surface area contributed by atoms with E-state index in [1.807, 2.05) is 20.8 Å². The van der Waals surface area contributed by atoms with Crippen molar-refractivity contribution >= 4 is 10.0 Å². The average Bonchev–Trinajstić information content (AvgIpc) is 2.23. The summed E-state index contributed by atoms with van der Waals surface area (Å²) in [5.74, 6) is 0.415. The van der Waals surface area contributed by atoms with Crippen molar-refractivity contribution in [3.8, 4) is 0 Å². The highest BCUT2D eigenvalue weighted by Crippen LogP contribution is 2.19. The van der Waals surface area contributed by atoms with E-state index in [2.05, 4.69) is 11.6 Å². The first-order valence-corrected chi connectivity index (χ1v) is 8.43. The minimum Gasteiger partial charge on any atom is -0.396 e. The highest BCUT2D eigenvalue weighted by atomic mass is 32.2. The maximum Gasteiger partial charge on any atom is 0.211 e. The summed E-state index contributed by atoms with van der Waals surface area (Å²) in [7, 11) is -3.18. The van der Waals surface area contributed by atoms with Crippen LogP contribution in [-0.4, -0.2) is 32.4 Å². The van der Waals surface area contributed by atoms with Gasteiger partial charge >= 0.3 is 0 Å². The van der Waals surface area contributed by atoms with Crippen molar-refractivity contribution in [3.05, 3.63) is 0 Å². The lowest BCUT2D eigenvalue weighted by Gasteiger charge is -2.19. The molecule has 0 heterocycles. The maximum atomic E-state index is 11.8. The zero-order chi connectivity index (χ0) is 14.2. The first-order chi connectivity index (χ1) is 8.20. The quantitative estimate of drug-likeness (QED) is 0.679. The Balaban J connectivity index is 4.15. The fraction of sp³-hybridized carbons (Fsp3) is 1.00. The molecule has 0 aromatic rings. The van der Waals surface area contributed by atoms with Crippen LogP contribution in [0.1, 0.15) is 53.4 Å². The van der Waals surface area contributed by atoms with Gasteiger partial charge in [-0.05, 0) is 30.6 Å². The molecule has 0 rings (SSSR count). The summed E-state index contributed by atoms with van der Waals surface area (Å²) in [5.41, 5.74) is 0.0304. The predicted molar refractivity (Wildman–Crippen MR) is 76.0 cm³/mol. The summed E-state index contributed by atoms with van der Waals surface area (Å²) in [5, 5.41) is 8.93. The van der Waals surface area contributed by atoms with Crippen molar-refractivity contribution in [1.82, 2.24) is 4.72 Å². The third-order valence-electron chi connectivity index (χ3n) is 2.95. The van der Waals surface area contributed by atoms with Gasteiger partial charge in [-0.15, -0.1) is 0 Å². The van der Waals surface area contributed by atoms with Gasteiger partial charge in [0.2, 0.25) is 10.0 Å². The second-order valence-corrected chi connectivity index (χ2v) is 8.07. The highest BCUT2D eigenvalue weighted by molar-refractivity contribution is 7.89. The number of aliphatic hydroxyl groups excluding tert-OH is 1. The molecule has 0 aliphatic carbocycles. The lowest BCUT2D eigenvalue weighted by Crippen LogP contribution is -2.32. The summed E-state index contributed by atoms with van der Waals surface area (Å²) in [6, 6.07) is 0. The van der Waals surface area contributed by atoms with Crippen LogP contribution in [0.5, 0.6) is 0 Å². The zero-order valence-electron chi connectivity index (χ0n) is 12.2. The van der Waals surface area contributed by atoms with Crippen LogP contribution in [-0.2, 0) is 10.0 Å². The Bertz CT molecular complexity index is 301. The summed E-state index contributed by atoms with van der Waals surface area (Å²) >= 11 is 0. The van der Waals surface area contributed by atoms with Crippen LogP contribution >= 0.6 is 0 Å². The summed E-state index contributed by atoms with van der Waals surface area (Å²) in [4.78, 5) is 0. The number of sulfonamides is 1. The SMILES string of the molecule is CCCC(CCO)CNS(=O)(=O)CCC(C)(C)C. The van der Waals surface area contributed by atoms with Gasteiger partial charge in [0, 0.05) is 13.2 Å². The number of hydrogen-bond acceptors (Lipinski definition) is 3. The molecule has 0 aliphatic heterocycles. The van der Waals surface area contributed by atoms with E-state index in [9.17, 15) is 8.42 Å². The van der Waals surface area contributed by atoms with Gasteiger partial charge in [0.25, 0.3) is 0 Å². The van der Waals surface area contributed by atoms with Crippen molar-refractivity contribution in [1.29, 1.82) is 0 Å². The van der Waals surface area contributed by atoms with E-state index >= 15 is 0 Å². The zero-order valence-corrected chi connectivity index (χ0v) is 13.0. The number of hydrogen-bond donors (Lipinski definition) is 2. The summed E-state index contributed by atoms with van der Waals surface area (Å²) < 4.78 is 26.3. The van der Waals surface area contributed by atoms with Crippen LogP contribution in [0.15, 0.2) is 0 Å². The molecule has 0 saturated carbocycles. The van der Waals surface area contributed by atoms with Crippen molar-refractivity contribution in [2.75, 3.05) is 18.9 Å². The van der Waals surface area contributed by atoms with Crippen molar-refractivity contribution in [2.24, 2.45) is 11.3 Å². The Hall–Kier alpha value is -0.130. The standard InChI is InChI=1S/C13H29NO3S/c1-5-6-12(7-9-15)11-14-18(16,17)10-8-13(2,3)4/h12,14-15H,5-11H2,1-4H3. The molecular formula is C13H29NO3S. The van der Waals surface area contributed by atoms with E-state index < -0.39 is 10.0 Å². The fourth-order valence-corrected chi connectivity index (χ4v) is 3.21. The Morgan fingerprint density at radius 1 is 1.22 bits per heavy atom. The number of nitrogens with one attached hydrogen (secondary N) is 1. The second kappa shape index (κ2) is 8.12. The minimum atomic E-state index is -3.18. The fourth-order valence-electron chi connectivity index (χ4n) is 1.70. The predicted octanol–water partition coefficient (Wildman–Crippen LogP) is 2.14. The molecule has 0 spiro atoms. The summed E-state index contributed by atoms with van der Waals surface area (Å²) in [6.07, 6.45) is 3.27. The molecule has 4 nitrogen and oxygen atoms in total. The Morgan fingerprint density at radius 3 is 2.28 bits per heavy atom. The normalized spacial score (nSPS) is 14.7. The van der Waals surface area contributed by atoms with E-state index in [1.165, 1.54) is 0 Å². The molecule has 0 fully saturated rings. The molecule has 0 aromatic carbocycles. The van der Waals surface area contributed by atoms with E-state index in [4.69, 9.17) is 5.11 Å². The monoisotopic (exact) mass is 279 g/mol. The van der Waals surface area contributed by atoms with Gasteiger partial charge in [-0.2, -0.15) is 0 Å².